The van der Waals surface area contributed by atoms with E-state index in [1.54, 1.807) is 0 Å². The first kappa shape index (κ1) is 15.0. The smallest absolute Gasteiger partial charge is 0.308 e. The topological polar surface area (TPSA) is 66.4 Å². The van der Waals surface area contributed by atoms with Crippen molar-refractivity contribution >= 4 is 11.9 Å². The molecule has 3 atom stereocenters. The van der Waals surface area contributed by atoms with Gasteiger partial charge in [0.1, 0.15) is 0 Å². The molecule has 1 aliphatic rings. The molecule has 0 radical (unpaired) electrons. The molecular formula is C14H25NO3. The molecule has 0 aliphatic heterocycles. The molecule has 1 fully saturated rings. The Morgan fingerprint density at radius 1 is 1.11 bits per heavy atom. The number of rotatable bonds is 4. The zero-order valence-corrected chi connectivity index (χ0v) is 11.6. The highest BCUT2D eigenvalue weighted by Gasteiger charge is 2.31. The number of carboxylic acid groups (broad SMARTS) is 1. The molecule has 18 heavy (non-hydrogen) atoms. The van der Waals surface area contributed by atoms with Crippen molar-refractivity contribution < 1.29 is 14.7 Å². The number of aliphatic carboxylic acids is 1. The standard InChI is InChI=1S/C14H25NO3/c1-9(2)10(3)13(16)15-12-8-6-4-5-7-11(12)14(17)18/h9-12H,4-8H2,1-3H3,(H,15,16)(H,17,18). The predicted octanol–water partition coefficient (Wildman–Crippen LogP) is 2.43. The van der Waals surface area contributed by atoms with E-state index in [0.717, 1.165) is 25.7 Å². The molecule has 0 spiro atoms. The Morgan fingerprint density at radius 3 is 2.28 bits per heavy atom. The molecule has 4 heteroatoms. The minimum atomic E-state index is -0.778. The number of carbonyl (C=O) groups is 2. The number of hydrogen-bond acceptors (Lipinski definition) is 2. The highest BCUT2D eigenvalue weighted by molar-refractivity contribution is 5.80. The van der Waals surface area contributed by atoms with E-state index in [2.05, 4.69) is 5.32 Å². The third-order valence-electron chi connectivity index (χ3n) is 4.07. The van der Waals surface area contributed by atoms with Crippen LogP contribution in [0.3, 0.4) is 0 Å². The molecule has 1 saturated carbocycles. The number of carbonyl (C=O) groups excluding carboxylic acids is 1. The van der Waals surface area contributed by atoms with Gasteiger partial charge in [-0.25, -0.2) is 0 Å². The summed E-state index contributed by atoms with van der Waals surface area (Å²) in [6, 6.07) is -0.196. The summed E-state index contributed by atoms with van der Waals surface area (Å²) in [6.07, 6.45) is 4.48. The summed E-state index contributed by atoms with van der Waals surface area (Å²) in [5.74, 6) is -1.000. The molecule has 0 bridgehead atoms. The first-order valence-electron chi connectivity index (χ1n) is 6.96. The van der Waals surface area contributed by atoms with Crippen LogP contribution in [-0.4, -0.2) is 23.0 Å². The van der Waals surface area contributed by atoms with Crippen molar-refractivity contribution in [2.75, 3.05) is 0 Å². The van der Waals surface area contributed by atoms with Gasteiger partial charge >= 0.3 is 5.97 Å². The normalized spacial score (nSPS) is 26.4. The van der Waals surface area contributed by atoms with Crippen LogP contribution in [0.4, 0.5) is 0 Å². The average molecular weight is 255 g/mol. The molecule has 2 N–H and O–H groups in total. The van der Waals surface area contributed by atoms with Gasteiger partial charge in [-0.15, -0.1) is 0 Å². The monoisotopic (exact) mass is 255 g/mol. The Bertz CT molecular complexity index is 301. The van der Waals surface area contributed by atoms with Gasteiger partial charge in [0.25, 0.3) is 0 Å². The Morgan fingerprint density at radius 2 is 1.72 bits per heavy atom. The zero-order chi connectivity index (χ0) is 13.7. The average Bonchev–Trinajstić information content (AvgIpc) is 2.53. The van der Waals surface area contributed by atoms with Crippen molar-refractivity contribution in [2.24, 2.45) is 17.8 Å². The summed E-state index contributed by atoms with van der Waals surface area (Å²) in [4.78, 5) is 23.3. The second kappa shape index (κ2) is 6.76. The fourth-order valence-corrected chi connectivity index (χ4v) is 2.39. The second-order valence-corrected chi connectivity index (χ2v) is 5.73. The van der Waals surface area contributed by atoms with Gasteiger partial charge in [0.2, 0.25) is 5.91 Å². The molecule has 0 saturated heterocycles. The molecule has 1 amide bonds. The van der Waals surface area contributed by atoms with Crippen LogP contribution < -0.4 is 5.32 Å². The van der Waals surface area contributed by atoms with Crippen LogP contribution in [0.25, 0.3) is 0 Å². The Kier molecular flexibility index (Phi) is 5.63. The highest BCUT2D eigenvalue weighted by Crippen LogP contribution is 2.24. The lowest BCUT2D eigenvalue weighted by molar-refractivity contribution is -0.143. The molecule has 1 rings (SSSR count). The number of amides is 1. The summed E-state index contributed by atoms with van der Waals surface area (Å²) >= 11 is 0. The minimum absolute atomic E-state index is 0.0110. The van der Waals surface area contributed by atoms with Gasteiger partial charge in [0.15, 0.2) is 0 Å². The third kappa shape index (κ3) is 4.00. The lowest BCUT2D eigenvalue weighted by atomic mass is 9.92. The van der Waals surface area contributed by atoms with Crippen molar-refractivity contribution in [1.29, 1.82) is 0 Å². The van der Waals surface area contributed by atoms with Crippen LogP contribution >= 0.6 is 0 Å². The summed E-state index contributed by atoms with van der Waals surface area (Å²) in [6.45, 7) is 5.91. The van der Waals surface area contributed by atoms with Gasteiger partial charge < -0.3 is 10.4 Å². The van der Waals surface area contributed by atoms with Crippen LogP contribution in [0.2, 0.25) is 0 Å². The molecular weight excluding hydrogens is 230 g/mol. The van der Waals surface area contributed by atoms with Gasteiger partial charge in [-0.1, -0.05) is 40.0 Å². The van der Waals surface area contributed by atoms with Crippen molar-refractivity contribution in [3.63, 3.8) is 0 Å². The fraction of sp³-hybridized carbons (Fsp3) is 0.857. The maximum absolute atomic E-state index is 12.0. The molecule has 0 heterocycles. The fourth-order valence-electron chi connectivity index (χ4n) is 2.39. The van der Waals surface area contributed by atoms with Crippen molar-refractivity contribution in [3.8, 4) is 0 Å². The summed E-state index contributed by atoms with van der Waals surface area (Å²) in [5, 5.41) is 12.2. The predicted molar refractivity (Wildman–Crippen MR) is 70.1 cm³/mol. The molecule has 4 nitrogen and oxygen atoms in total. The van der Waals surface area contributed by atoms with Gasteiger partial charge in [-0.3, -0.25) is 9.59 Å². The largest absolute Gasteiger partial charge is 0.481 e. The quantitative estimate of drug-likeness (QED) is 0.758. The molecule has 1 aliphatic carbocycles. The molecule has 104 valence electrons. The van der Waals surface area contributed by atoms with E-state index < -0.39 is 11.9 Å². The Hall–Kier alpha value is -1.06. The number of carboxylic acids is 1. The van der Waals surface area contributed by atoms with E-state index in [4.69, 9.17) is 0 Å². The lowest BCUT2D eigenvalue weighted by Gasteiger charge is -2.25. The SMILES string of the molecule is CC(C)C(C)C(=O)NC1CCCCCC1C(=O)O. The van der Waals surface area contributed by atoms with Crippen LogP contribution in [0.15, 0.2) is 0 Å². The lowest BCUT2D eigenvalue weighted by Crippen LogP contribution is -2.45. The van der Waals surface area contributed by atoms with Crippen molar-refractivity contribution in [3.05, 3.63) is 0 Å². The van der Waals surface area contributed by atoms with Gasteiger partial charge in [-0.2, -0.15) is 0 Å². The number of nitrogens with one attached hydrogen (secondary N) is 1. The first-order chi connectivity index (χ1) is 8.43. The van der Waals surface area contributed by atoms with Gasteiger partial charge in [0.05, 0.1) is 5.92 Å². The minimum Gasteiger partial charge on any atom is -0.481 e. The Balaban J connectivity index is 2.66. The van der Waals surface area contributed by atoms with E-state index in [1.807, 2.05) is 20.8 Å². The van der Waals surface area contributed by atoms with Crippen LogP contribution in [0.1, 0.15) is 52.9 Å². The van der Waals surface area contributed by atoms with E-state index in [1.165, 1.54) is 0 Å². The highest BCUT2D eigenvalue weighted by atomic mass is 16.4. The second-order valence-electron chi connectivity index (χ2n) is 5.73. The Labute approximate surface area is 109 Å². The van der Waals surface area contributed by atoms with Crippen molar-refractivity contribution in [2.45, 2.75) is 58.9 Å². The first-order valence-corrected chi connectivity index (χ1v) is 6.96. The summed E-state index contributed by atoms with van der Waals surface area (Å²) in [5.41, 5.74) is 0. The summed E-state index contributed by atoms with van der Waals surface area (Å²) in [7, 11) is 0. The van der Waals surface area contributed by atoms with E-state index in [9.17, 15) is 14.7 Å². The number of hydrogen-bond donors (Lipinski definition) is 2. The third-order valence-corrected chi connectivity index (χ3v) is 4.07. The van der Waals surface area contributed by atoms with Crippen LogP contribution in [0.5, 0.6) is 0 Å². The van der Waals surface area contributed by atoms with E-state index in [0.29, 0.717) is 6.42 Å². The molecule has 0 aromatic carbocycles. The molecule has 0 aromatic heterocycles. The maximum Gasteiger partial charge on any atom is 0.308 e. The van der Waals surface area contributed by atoms with Crippen LogP contribution in [0, 0.1) is 17.8 Å². The maximum atomic E-state index is 12.0. The van der Waals surface area contributed by atoms with Gasteiger partial charge in [0, 0.05) is 12.0 Å². The van der Waals surface area contributed by atoms with E-state index in [-0.39, 0.29) is 23.8 Å². The summed E-state index contributed by atoms with van der Waals surface area (Å²) < 4.78 is 0. The zero-order valence-electron chi connectivity index (χ0n) is 11.6. The van der Waals surface area contributed by atoms with Gasteiger partial charge in [-0.05, 0) is 18.8 Å². The molecule has 3 unspecified atom stereocenters. The van der Waals surface area contributed by atoms with E-state index >= 15 is 0 Å². The van der Waals surface area contributed by atoms with Crippen molar-refractivity contribution in [1.82, 2.24) is 5.32 Å². The van der Waals surface area contributed by atoms with Crippen LogP contribution in [-0.2, 0) is 9.59 Å². The molecule has 0 aromatic rings.